The molecule has 1 saturated heterocycles. The van der Waals surface area contributed by atoms with Crippen molar-refractivity contribution in [3.8, 4) is 0 Å². The fourth-order valence-corrected chi connectivity index (χ4v) is 3.49. The van der Waals surface area contributed by atoms with E-state index in [2.05, 4.69) is 34.5 Å². The van der Waals surface area contributed by atoms with Gasteiger partial charge in [0.25, 0.3) is 0 Å². The van der Waals surface area contributed by atoms with Gasteiger partial charge in [0.2, 0.25) is 0 Å². The van der Waals surface area contributed by atoms with Gasteiger partial charge in [0, 0.05) is 26.1 Å². The molecule has 1 aliphatic carbocycles. The molecule has 0 bridgehead atoms. The van der Waals surface area contributed by atoms with Gasteiger partial charge in [-0.2, -0.15) is 0 Å². The summed E-state index contributed by atoms with van der Waals surface area (Å²) in [6.07, 6.45) is 6.56. The summed E-state index contributed by atoms with van der Waals surface area (Å²) in [5, 5.41) is 3.36. The van der Waals surface area contributed by atoms with Gasteiger partial charge in [-0.25, -0.2) is 4.99 Å². The molecular formula is C18H27N3O. The predicted molar refractivity (Wildman–Crippen MR) is 92.2 cm³/mol. The zero-order valence-electron chi connectivity index (χ0n) is 13.6. The smallest absolute Gasteiger partial charge is 0.105 e. The standard InChI is InChI=1S/C18H27N3O/c1-19-18(15-7-3-2-4-8-15)20-16-9-5-6-10-17(16)21-11-13-22-14-12-21/h5-6,9-10,15H,2-4,7-8,11-14H2,1H3,(H,19,20). The maximum atomic E-state index is 5.47. The average molecular weight is 301 g/mol. The van der Waals surface area contributed by atoms with Gasteiger partial charge in [-0.05, 0) is 25.0 Å². The van der Waals surface area contributed by atoms with Crippen molar-refractivity contribution in [2.75, 3.05) is 38.3 Å². The molecule has 3 rings (SSSR count). The fraction of sp³-hybridized carbons (Fsp3) is 0.611. The van der Waals surface area contributed by atoms with Crippen LogP contribution in [0.1, 0.15) is 32.1 Å². The van der Waals surface area contributed by atoms with Crippen LogP contribution in [0.3, 0.4) is 0 Å². The van der Waals surface area contributed by atoms with Crippen LogP contribution < -0.4 is 10.2 Å². The van der Waals surface area contributed by atoms with Crippen molar-refractivity contribution < 1.29 is 4.74 Å². The highest BCUT2D eigenvalue weighted by Crippen LogP contribution is 2.31. The van der Waals surface area contributed by atoms with E-state index in [0.717, 1.165) is 37.8 Å². The van der Waals surface area contributed by atoms with E-state index in [-0.39, 0.29) is 0 Å². The van der Waals surface area contributed by atoms with Crippen LogP contribution >= 0.6 is 0 Å². The number of amidine groups is 1. The van der Waals surface area contributed by atoms with Crippen LogP contribution in [0.5, 0.6) is 0 Å². The SMILES string of the molecule is CNC(=Nc1ccccc1N1CCOCC1)C1CCCCC1. The number of hydrogen-bond acceptors (Lipinski definition) is 3. The van der Waals surface area contributed by atoms with Crippen molar-refractivity contribution in [3.05, 3.63) is 24.3 Å². The number of nitrogens with zero attached hydrogens (tertiary/aromatic N) is 2. The third-order valence-corrected chi connectivity index (χ3v) is 4.72. The Hall–Kier alpha value is -1.55. The van der Waals surface area contributed by atoms with E-state index in [0.29, 0.717) is 5.92 Å². The van der Waals surface area contributed by atoms with E-state index in [1.54, 1.807) is 0 Å². The van der Waals surface area contributed by atoms with Gasteiger partial charge in [0.15, 0.2) is 0 Å². The fourth-order valence-electron chi connectivity index (χ4n) is 3.49. The molecule has 1 N–H and O–H groups in total. The largest absolute Gasteiger partial charge is 0.378 e. The van der Waals surface area contributed by atoms with Gasteiger partial charge in [-0.3, -0.25) is 0 Å². The zero-order valence-corrected chi connectivity index (χ0v) is 13.6. The zero-order chi connectivity index (χ0) is 15.2. The van der Waals surface area contributed by atoms with Crippen LogP contribution in [-0.4, -0.2) is 39.2 Å². The van der Waals surface area contributed by atoms with E-state index in [9.17, 15) is 0 Å². The Balaban J connectivity index is 1.84. The summed E-state index contributed by atoms with van der Waals surface area (Å²) in [5.74, 6) is 1.75. The molecule has 4 heteroatoms. The minimum Gasteiger partial charge on any atom is -0.378 e. The van der Waals surface area contributed by atoms with Crippen molar-refractivity contribution in [3.63, 3.8) is 0 Å². The number of ether oxygens (including phenoxy) is 1. The van der Waals surface area contributed by atoms with E-state index >= 15 is 0 Å². The molecule has 1 aromatic rings. The maximum absolute atomic E-state index is 5.47. The van der Waals surface area contributed by atoms with Crippen molar-refractivity contribution in [1.29, 1.82) is 0 Å². The van der Waals surface area contributed by atoms with Crippen LogP contribution in [-0.2, 0) is 4.74 Å². The van der Waals surface area contributed by atoms with Crippen LogP contribution in [0.4, 0.5) is 11.4 Å². The number of hydrogen-bond donors (Lipinski definition) is 1. The van der Waals surface area contributed by atoms with Crippen LogP contribution in [0, 0.1) is 5.92 Å². The number of anilines is 1. The van der Waals surface area contributed by atoms with Crippen molar-refractivity contribution in [2.24, 2.45) is 10.9 Å². The molecule has 22 heavy (non-hydrogen) atoms. The summed E-state index contributed by atoms with van der Waals surface area (Å²) < 4.78 is 5.47. The minimum absolute atomic E-state index is 0.594. The van der Waals surface area contributed by atoms with Gasteiger partial charge in [-0.15, -0.1) is 0 Å². The molecule has 1 aromatic carbocycles. The van der Waals surface area contributed by atoms with Crippen molar-refractivity contribution in [2.45, 2.75) is 32.1 Å². The number of morpholine rings is 1. The third kappa shape index (κ3) is 3.61. The number of rotatable bonds is 3. The molecule has 1 aliphatic heterocycles. The molecule has 1 heterocycles. The molecule has 0 unspecified atom stereocenters. The van der Waals surface area contributed by atoms with Crippen LogP contribution in [0.15, 0.2) is 29.3 Å². The Bertz CT molecular complexity index is 503. The number of para-hydroxylation sites is 2. The first kappa shape index (κ1) is 15.3. The van der Waals surface area contributed by atoms with Gasteiger partial charge in [0.1, 0.15) is 5.84 Å². The first-order valence-corrected chi connectivity index (χ1v) is 8.56. The number of nitrogens with one attached hydrogen (secondary N) is 1. The lowest BCUT2D eigenvalue weighted by molar-refractivity contribution is 0.123. The monoisotopic (exact) mass is 301 g/mol. The van der Waals surface area contributed by atoms with E-state index < -0.39 is 0 Å². The van der Waals surface area contributed by atoms with Gasteiger partial charge >= 0.3 is 0 Å². The number of benzene rings is 1. The maximum Gasteiger partial charge on any atom is 0.105 e. The van der Waals surface area contributed by atoms with Gasteiger partial charge in [0.05, 0.1) is 24.6 Å². The molecule has 0 aromatic heterocycles. The molecule has 120 valence electrons. The van der Waals surface area contributed by atoms with Crippen LogP contribution in [0.2, 0.25) is 0 Å². The second-order valence-corrected chi connectivity index (χ2v) is 6.17. The summed E-state index contributed by atoms with van der Waals surface area (Å²) in [6.45, 7) is 3.51. The molecular weight excluding hydrogens is 274 g/mol. The summed E-state index contributed by atoms with van der Waals surface area (Å²) in [7, 11) is 2.00. The van der Waals surface area contributed by atoms with Crippen molar-refractivity contribution >= 4 is 17.2 Å². The topological polar surface area (TPSA) is 36.9 Å². The summed E-state index contributed by atoms with van der Waals surface area (Å²) >= 11 is 0. The average Bonchev–Trinajstić information content (AvgIpc) is 2.61. The second kappa shape index (κ2) is 7.63. The molecule has 2 aliphatic rings. The lowest BCUT2D eigenvalue weighted by Gasteiger charge is -2.30. The van der Waals surface area contributed by atoms with Gasteiger partial charge in [-0.1, -0.05) is 31.4 Å². The number of aliphatic imine (C=N–C) groups is 1. The summed E-state index contributed by atoms with van der Waals surface area (Å²) in [4.78, 5) is 7.38. The van der Waals surface area contributed by atoms with E-state index in [4.69, 9.17) is 9.73 Å². The van der Waals surface area contributed by atoms with Crippen LogP contribution in [0.25, 0.3) is 0 Å². The minimum atomic E-state index is 0.594. The normalized spacial score (nSPS) is 21.0. The van der Waals surface area contributed by atoms with Crippen molar-refractivity contribution in [1.82, 2.24) is 5.32 Å². The molecule has 1 saturated carbocycles. The first-order chi connectivity index (χ1) is 10.9. The van der Waals surface area contributed by atoms with Gasteiger partial charge < -0.3 is 15.0 Å². The highest BCUT2D eigenvalue weighted by molar-refractivity contribution is 5.88. The lowest BCUT2D eigenvalue weighted by atomic mass is 9.88. The quantitative estimate of drug-likeness (QED) is 0.687. The first-order valence-electron chi connectivity index (χ1n) is 8.56. The highest BCUT2D eigenvalue weighted by Gasteiger charge is 2.20. The second-order valence-electron chi connectivity index (χ2n) is 6.17. The summed E-state index contributed by atoms with van der Waals surface area (Å²) in [5.41, 5.74) is 2.31. The Morgan fingerprint density at radius 1 is 1.14 bits per heavy atom. The Kier molecular flexibility index (Phi) is 5.33. The molecule has 0 spiro atoms. The molecule has 0 radical (unpaired) electrons. The highest BCUT2D eigenvalue weighted by atomic mass is 16.5. The molecule has 4 nitrogen and oxygen atoms in total. The molecule has 2 fully saturated rings. The Morgan fingerprint density at radius 2 is 1.86 bits per heavy atom. The Labute approximate surface area is 133 Å². The summed E-state index contributed by atoms with van der Waals surface area (Å²) in [6, 6.07) is 8.49. The molecule has 0 amide bonds. The third-order valence-electron chi connectivity index (χ3n) is 4.72. The Morgan fingerprint density at radius 3 is 2.59 bits per heavy atom. The molecule has 0 atom stereocenters. The van der Waals surface area contributed by atoms with E-state index in [1.165, 1.54) is 37.8 Å². The lowest BCUT2D eigenvalue weighted by Crippen LogP contribution is -2.36. The predicted octanol–water partition coefficient (Wildman–Crippen LogP) is 3.35. The van der Waals surface area contributed by atoms with E-state index in [1.807, 2.05) is 7.05 Å².